The van der Waals surface area contributed by atoms with E-state index in [0.717, 1.165) is 11.1 Å². The number of hydrogen-bond donors (Lipinski definition) is 0. The SMILES string of the molecule is CC.Cc1cccc(F)c1.Cc1cccc(F)c1. The summed E-state index contributed by atoms with van der Waals surface area (Å²) < 4.78 is 24.3. The summed E-state index contributed by atoms with van der Waals surface area (Å²) in [4.78, 5) is 0. The fourth-order valence-electron chi connectivity index (χ4n) is 1.21. The molecule has 2 aromatic rings. The first-order valence-electron chi connectivity index (χ1n) is 6.02. The summed E-state index contributed by atoms with van der Waals surface area (Å²) in [7, 11) is 0. The van der Waals surface area contributed by atoms with E-state index >= 15 is 0 Å². The second-order valence-corrected chi connectivity index (χ2v) is 3.60. The van der Waals surface area contributed by atoms with Crippen LogP contribution in [0, 0.1) is 25.5 Å². The quantitative estimate of drug-likeness (QED) is 0.595. The summed E-state index contributed by atoms with van der Waals surface area (Å²) in [6, 6.07) is 13.0. The third-order valence-corrected chi connectivity index (χ3v) is 1.96. The minimum absolute atomic E-state index is 0.162. The molecule has 0 nitrogen and oxygen atoms in total. The maximum Gasteiger partial charge on any atom is 0.123 e. The monoisotopic (exact) mass is 250 g/mol. The lowest BCUT2D eigenvalue weighted by atomic mass is 10.2. The molecule has 0 spiro atoms. The van der Waals surface area contributed by atoms with Gasteiger partial charge in [-0.05, 0) is 49.2 Å². The molecule has 2 heteroatoms. The molecule has 0 unspecified atom stereocenters. The lowest BCUT2D eigenvalue weighted by Crippen LogP contribution is -1.72. The van der Waals surface area contributed by atoms with E-state index in [1.807, 2.05) is 39.8 Å². The van der Waals surface area contributed by atoms with Gasteiger partial charge in [0.2, 0.25) is 0 Å². The number of benzene rings is 2. The number of aryl methyl sites for hydroxylation is 2. The highest BCUT2D eigenvalue weighted by Gasteiger charge is 1.85. The lowest BCUT2D eigenvalue weighted by Gasteiger charge is -1.87. The first kappa shape index (κ1) is 16.3. The van der Waals surface area contributed by atoms with Crippen molar-refractivity contribution in [3.05, 3.63) is 71.3 Å². The molecule has 0 saturated carbocycles. The molecule has 0 aliphatic carbocycles. The summed E-state index contributed by atoms with van der Waals surface area (Å²) in [5.74, 6) is -0.324. The summed E-state index contributed by atoms with van der Waals surface area (Å²) >= 11 is 0. The topological polar surface area (TPSA) is 0 Å². The van der Waals surface area contributed by atoms with Crippen LogP contribution in [0.4, 0.5) is 8.78 Å². The van der Waals surface area contributed by atoms with Crippen LogP contribution in [0.3, 0.4) is 0 Å². The van der Waals surface area contributed by atoms with Crippen LogP contribution in [0.15, 0.2) is 48.5 Å². The Morgan fingerprint density at radius 1 is 0.667 bits per heavy atom. The lowest BCUT2D eigenvalue weighted by molar-refractivity contribution is 0.626. The normalized spacial score (nSPS) is 8.56. The smallest absolute Gasteiger partial charge is 0.123 e. The second-order valence-electron chi connectivity index (χ2n) is 3.60. The standard InChI is InChI=1S/2C7H7F.C2H6/c2*1-6-3-2-4-7(8)5-6;1-2/h2*2-5H,1H3;1-2H3. The Labute approximate surface area is 108 Å². The molecule has 0 aliphatic rings. The highest BCUT2D eigenvalue weighted by atomic mass is 19.1. The van der Waals surface area contributed by atoms with Crippen LogP contribution in [0.1, 0.15) is 25.0 Å². The van der Waals surface area contributed by atoms with Gasteiger partial charge in [-0.15, -0.1) is 0 Å². The van der Waals surface area contributed by atoms with E-state index in [2.05, 4.69) is 0 Å². The van der Waals surface area contributed by atoms with E-state index in [9.17, 15) is 8.78 Å². The van der Waals surface area contributed by atoms with Gasteiger partial charge in [-0.2, -0.15) is 0 Å². The average molecular weight is 250 g/mol. The van der Waals surface area contributed by atoms with Crippen LogP contribution in [-0.4, -0.2) is 0 Å². The molecule has 0 aromatic heterocycles. The molecule has 0 radical (unpaired) electrons. The molecule has 98 valence electrons. The van der Waals surface area contributed by atoms with Gasteiger partial charge in [-0.1, -0.05) is 38.1 Å². The van der Waals surface area contributed by atoms with Gasteiger partial charge in [0.05, 0.1) is 0 Å². The van der Waals surface area contributed by atoms with Gasteiger partial charge in [-0.3, -0.25) is 0 Å². The minimum atomic E-state index is -0.162. The van der Waals surface area contributed by atoms with Crippen molar-refractivity contribution >= 4 is 0 Å². The van der Waals surface area contributed by atoms with Crippen LogP contribution in [-0.2, 0) is 0 Å². The van der Waals surface area contributed by atoms with Gasteiger partial charge < -0.3 is 0 Å². The number of halogens is 2. The van der Waals surface area contributed by atoms with Gasteiger partial charge in [0.25, 0.3) is 0 Å². The van der Waals surface area contributed by atoms with Crippen molar-refractivity contribution in [2.45, 2.75) is 27.7 Å². The van der Waals surface area contributed by atoms with E-state index in [1.165, 1.54) is 24.3 Å². The van der Waals surface area contributed by atoms with Crippen LogP contribution in [0.25, 0.3) is 0 Å². The van der Waals surface area contributed by atoms with Crippen molar-refractivity contribution in [1.82, 2.24) is 0 Å². The Hall–Kier alpha value is -1.70. The maximum absolute atomic E-state index is 12.2. The molecule has 0 saturated heterocycles. The maximum atomic E-state index is 12.2. The van der Waals surface area contributed by atoms with Crippen molar-refractivity contribution < 1.29 is 8.78 Å². The minimum Gasteiger partial charge on any atom is -0.207 e. The third kappa shape index (κ3) is 7.55. The Bertz CT molecular complexity index is 372. The first-order chi connectivity index (χ1) is 8.58. The van der Waals surface area contributed by atoms with Crippen molar-refractivity contribution in [3.63, 3.8) is 0 Å². The van der Waals surface area contributed by atoms with Crippen LogP contribution in [0.5, 0.6) is 0 Å². The van der Waals surface area contributed by atoms with Gasteiger partial charge in [-0.25, -0.2) is 8.78 Å². The summed E-state index contributed by atoms with van der Waals surface area (Å²) in [6.07, 6.45) is 0. The molecule has 0 amide bonds. The van der Waals surface area contributed by atoms with Crippen molar-refractivity contribution in [2.75, 3.05) is 0 Å². The van der Waals surface area contributed by atoms with Crippen molar-refractivity contribution in [1.29, 1.82) is 0 Å². The van der Waals surface area contributed by atoms with Crippen LogP contribution >= 0.6 is 0 Å². The first-order valence-corrected chi connectivity index (χ1v) is 6.02. The van der Waals surface area contributed by atoms with E-state index in [4.69, 9.17) is 0 Å². The summed E-state index contributed by atoms with van der Waals surface area (Å²) in [6.45, 7) is 7.73. The average Bonchev–Trinajstić information content (AvgIpc) is 2.31. The van der Waals surface area contributed by atoms with Gasteiger partial charge in [0, 0.05) is 0 Å². The third-order valence-electron chi connectivity index (χ3n) is 1.96. The van der Waals surface area contributed by atoms with Gasteiger partial charge in [0.15, 0.2) is 0 Å². The largest absolute Gasteiger partial charge is 0.207 e. The molecule has 0 N–H and O–H groups in total. The van der Waals surface area contributed by atoms with Crippen molar-refractivity contribution in [3.8, 4) is 0 Å². The Morgan fingerprint density at radius 3 is 1.17 bits per heavy atom. The van der Waals surface area contributed by atoms with E-state index in [1.54, 1.807) is 12.1 Å². The number of rotatable bonds is 0. The fourth-order valence-corrected chi connectivity index (χ4v) is 1.21. The number of hydrogen-bond acceptors (Lipinski definition) is 0. The molecule has 18 heavy (non-hydrogen) atoms. The molecule has 0 atom stereocenters. The molecule has 0 fully saturated rings. The van der Waals surface area contributed by atoms with Gasteiger partial charge in [0.1, 0.15) is 11.6 Å². The molecule has 2 rings (SSSR count). The molecule has 0 aliphatic heterocycles. The predicted molar refractivity (Wildman–Crippen MR) is 73.6 cm³/mol. The molecule has 0 heterocycles. The highest BCUT2D eigenvalue weighted by molar-refractivity contribution is 5.14. The van der Waals surface area contributed by atoms with Gasteiger partial charge >= 0.3 is 0 Å². The predicted octanol–water partition coefficient (Wildman–Crippen LogP) is 5.29. The summed E-state index contributed by atoms with van der Waals surface area (Å²) in [5, 5.41) is 0. The van der Waals surface area contributed by atoms with Crippen LogP contribution < -0.4 is 0 Å². The zero-order chi connectivity index (χ0) is 14.0. The molecule has 0 bridgehead atoms. The van der Waals surface area contributed by atoms with E-state index in [-0.39, 0.29) is 11.6 Å². The van der Waals surface area contributed by atoms with Crippen molar-refractivity contribution in [2.24, 2.45) is 0 Å². The zero-order valence-corrected chi connectivity index (χ0v) is 11.4. The Balaban J connectivity index is 0.000000283. The van der Waals surface area contributed by atoms with E-state index < -0.39 is 0 Å². The van der Waals surface area contributed by atoms with Crippen LogP contribution in [0.2, 0.25) is 0 Å². The Morgan fingerprint density at radius 2 is 1.00 bits per heavy atom. The second kappa shape index (κ2) is 9.34. The fraction of sp³-hybridized carbons (Fsp3) is 0.250. The summed E-state index contributed by atoms with van der Waals surface area (Å²) in [5.41, 5.74) is 1.93. The molecule has 2 aromatic carbocycles. The molecular weight excluding hydrogens is 230 g/mol. The highest BCUT2D eigenvalue weighted by Crippen LogP contribution is 2.00. The molecular formula is C16H20F2. The Kier molecular flexibility index (Phi) is 8.46. The zero-order valence-electron chi connectivity index (χ0n) is 11.4. The van der Waals surface area contributed by atoms with E-state index in [0.29, 0.717) is 0 Å².